The zero-order chi connectivity index (χ0) is 19.8. The molecular formula is C12H17N7O5S3. The van der Waals surface area contributed by atoms with Crippen LogP contribution in [0.1, 0.15) is 6.42 Å². The molecule has 15 heteroatoms. The summed E-state index contributed by atoms with van der Waals surface area (Å²) in [6, 6.07) is -0.721. The highest BCUT2D eigenvalue weighted by molar-refractivity contribution is 8.01. The van der Waals surface area contributed by atoms with E-state index < -0.39 is 38.6 Å². The molecule has 2 aliphatic heterocycles. The van der Waals surface area contributed by atoms with E-state index in [9.17, 15) is 23.1 Å². The smallest absolute Gasteiger partial charge is 0.352 e. The van der Waals surface area contributed by atoms with Gasteiger partial charge in [0.05, 0.1) is 6.26 Å². The third-order valence-corrected chi connectivity index (χ3v) is 7.21. The van der Waals surface area contributed by atoms with Crippen LogP contribution in [-0.4, -0.2) is 86.1 Å². The molecule has 0 aliphatic carbocycles. The number of fused-ring (bicyclic) bond motifs is 1. The number of aromatic nitrogens is 4. The minimum atomic E-state index is -3.39. The average molecular weight is 436 g/mol. The molecule has 1 amide bonds. The van der Waals surface area contributed by atoms with Gasteiger partial charge in [0.25, 0.3) is 0 Å². The Hall–Kier alpha value is -1.68. The van der Waals surface area contributed by atoms with Crippen LogP contribution in [0.3, 0.4) is 0 Å². The van der Waals surface area contributed by atoms with Crippen molar-refractivity contribution in [1.29, 1.82) is 0 Å². The number of hydrogen-bond donors (Lipinski definition) is 4. The normalized spacial score (nSPS) is 23.8. The van der Waals surface area contributed by atoms with Crippen LogP contribution in [0.5, 0.6) is 0 Å². The number of thioether (sulfide) groups is 2. The first-order valence-corrected chi connectivity index (χ1v) is 11.5. The summed E-state index contributed by atoms with van der Waals surface area (Å²) < 4.78 is 25.0. The molecular weight excluding hydrogens is 418 g/mol. The van der Waals surface area contributed by atoms with Gasteiger partial charge in [-0.2, -0.15) is 5.21 Å². The molecule has 5 N–H and O–H groups in total. The van der Waals surface area contributed by atoms with Crippen LogP contribution in [0.15, 0.2) is 16.4 Å². The largest absolute Gasteiger partial charge is 0.477 e. The van der Waals surface area contributed by atoms with Crippen LogP contribution < -0.4 is 10.5 Å². The van der Waals surface area contributed by atoms with Crippen molar-refractivity contribution in [3.63, 3.8) is 0 Å². The van der Waals surface area contributed by atoms with E-state index in [1.807, 2.05) is 0 Å². The van der Waals surface area contributed by atoms with Crippen LogP contribution in [0.2, 0.25) is 0 Å². The lowest BCUT2D eigenvalue weighted by Crippen LogP contribution is -2.68. The molecule has 0 saturated carbocycles. The maximum absolute atomic E-state index is 12.1. The number of carboxylic acid groups (broad SMARTS) is 1. The summed E-state index contributed by atoms with van der Waals surface area (Å²) in [5.74, 6) is -1.33. The molecule has 27 heavy (non-hydrogen) atoms. The van der Waals surface area contributed by atoms with E-state index in [1.165, 1.54) is 16.7 Å². The minimum Gasteiger partial charge on any atom is -0.477 e. The van der Waals surface area contributed by atoms with Gasteiger partial charge in [-0.25, -0.2) is 17.9 Å². The number of hydrogen-bond acceptors (Lipinski definition) is 10. The van der Waals surface area contributed by atoms with Crippen LogP contribution in [0, 0.1) is 0 Å². The highest BCUT2D eigenvalue weighted by Gasteiger charge is 2.52. The molecule has 2 aliphatic rings. The summed E-state index contributed by atoms with van der Waals surface area (Å²) in [6.45, 7) is 0.0896. The first-order valence-electron chi connectivity index (χ1n) is 7.70. The number of rotatable bonds is 8. The summed E-state index contributed by atoms with van der Waals surface area (Å²) >= 11 is 2.53. The fraction of sp³-hybridized carbons (Fsp3) is 0.583. The number of carbonyl (C=O) groups excluding carboxylic acids is 1. The van der Waals surface area contributed by atoms with E-state index in [1.54, 1.807) is 0 Å². The van der Waals surface area contributed by atoms with Crippen molar-refractivity contribution < 1.29 is 23.1 Å². The molecule has 3 rings (SSSR count). The average Bonchev–Trinajstić information content (AvgIpc) is 3.10. The van der Waals surface area contributed by atoms with Gasteiger partial charge in [-0.05, 0) is 17.2 Å². The Morgan fingerprint density at radius 1 is 1.59 bits per heavy atom. The zero-order valence-corrected chi connectivity index (χ0v) is 16.5. The number of aliphatic carboxylic acids is 1. The Balaban J connectivity index is 1.90. The van der Waals surface area contributed by atoms with Crippen LogP contribution >= 0.6 is 23.5 Å². The lowest BCUT2D eigenvalue weighted by molar-refractivity contribution is -0.148. The van der Waals surface area contributed by atoms with E-state index in [0.29, 0.717) is 11.3 Å². The van der Waals surface area contributed by atoms with Crippen molar-refractivity contribution in [2.45, 2.75) is 28.2 Å². The third kappa shape index (κ3) is 4.26. The van der Waals surface area contributed by atoms with E-state index in [-0.39, 0.29) is 23.8 Å². The molecule has 3 atom stereocenters. The van der Waals surface area contributed by atoms with Crippen molar-refractivity contribution in [1.82, 2.24) is 30.2 Å². The van der Waals surface area contributed by atoms with Crippen molar-refractivity contribution in [2.24, 2.45) is 5.73 Å². The number of H-pyrrole nitrogens is 1. The van der Waals surface area contributed by atoms with Crippen molar-refractivity contribution in [2.75, 3.05) is 18.6 Å². The molecule has 0 aromatic carbocycles. The predicted molar refractivity (Wildman–Crippen MR) is 97.0 cm³/mol. The van der Waals surface area contributed by atoms with E-state index >= 15 is 0 Å². The number of β-lactam (4-membered cyclic amide) rings is 1. The van der Waals surface area contributed by atoms with E-state index in [0.717, 1.165) is 18.0 Å². The summed E-state index contributed by atoms with van der Waals surface area (Å²) in [5, 5.41) is 22.6. The quantitative estimate of drug-likeness (QED) is 0.266. The molecule has 2 unspecified atom stereocenters. The Labute approximate surface area is 162 Å². The Bertz CT molecular complexity index is 872. The number of nitrogens with two attached hydrogens (primary N) is 1. The molecule has 12 nitrogen and oxygen atoms in total. The van der Waals surface area contributed by atoms with Gasteiger partial charge in [0, 0.05) is 17.5 Å². The van der Waals surface area contributed by atoms with Crippen molar-refractivity contribution in [3.05, 3.63) is 11.3 Å². The molecule has 0 spiro atoms. The van der Waals surface area contributed by atoms with Crippen molar-refractivity contribution >= 4 is 45.4 Å². The van der Waals surface area contributed by atoms with Gasteiger partial charge in [0.15, 0.2) is 0 Å². The summed E-state index contributed by atoms with van der Waals surface area (Å²) in [7, 11) is -3.39. The number of carbonyl (C=O) groups is 2. The van der Waals surface area contributed by atoms with Crippen LogP contribution in [-0.2, 0) is 19.6 Å². The van der Waals surface area contributed by atoms with Gasteiger partial charge in [-0.15, -0.1) is 22.0 Å². The maximum atomic E-state index is 12.1. The molecule has 1 aromatic rings. The monoisotopic (exact) mass is 435 g/mol. The standard InChI is InChI=1S/C12H17N7O5S3/c1-27(23,24)14-3-2-6(26-12-15-17-18-16-12)5-4-25-10-7(13)9(20)19(10)8(5)11(21)22/h6-7,10,14H,2-4,13H2,1H3,(H,21,22)(H,15,16,17,18)/t6?,7?,10-/m1/s1. The molecule has 0 radical (unpaired) electrons. The van der Waals surface area contributed by atoms with E-state index in [4.69, 9.17) is 5.73 Å². The third-order valence-electron chi connectivity index (χ3n) is 3.97. The zero-order valence-electron chi connectivity index (χ0n) is 14.0. The molecule has 148 valence electrons. The number of carboxylic acids is 1. The number of sulfonamides is 1. The highest BCUT2D eigenvalue weighted by atomic mass is 32.2. The molecule has 3 heterocycles. The van der Waals surface area contributed by atoms with Crippen molar-refractivity contribution in [3.8, 4) is 0 Å². The SMILES string of the molecule is CS(=O)(=O)NCCC(Sc1nn[nH]n1)C1=C(C(=O)O)N2C(=O)C(N)[C@H]2SC1. The van der Waals surface area contributed by atoms with Crippen LogP contribution in [0.25, 0.3) is 0 Å². The second-order valence-corrected chi connectivity index (χ2v) is 9.98. The van der Waals surface area contributed by atoms with E-state index in [2.05, 4.69) is 25.3 Å². The summed E-state index contributed by atoms with van der Waals surface area (Å²) in [4.78, 5) is 25.2. The Kier molecular flexibility index (Phi) is 5.76. The van der Waals surface area contributed by atoms with Crippen LogP contribution in [0.4, 0.5) is 0 Å². The van der Waals surface area contributed by atoms with Gasteiger partial charge in [-0.3, -0.25) is 9.69 Å². The topological polar surface area (TPSA) is 184 Å². The Morgan fingerprint density at radius 3 is 2.93 bits per heavy atom. The number of amides is 1. The van der Waals surface area contributed by atoms with Gasteiger partial charge in [0.2, 0.25) is 21.1 Å². The molecule has 0 bridgehead atoms. The van der Waals surface area contributed by atoms with Gasteiger partial charge in [-0.1, -0.05) is 11.8 Å². The first kappa shape index (κ1) is 20.1. The minimum absolute atomic E-state index is 0.0896. The molecule has 1 fully saturated rings. The number of nitrogens with one attached hydrogen (secondary N) is 2. The number of tetrazole rings is 1. The van der Waals surface area contributed by atoms with Gasteiger partial charge < -0.3 is 10.8 Å². The number of nitrogens with zero attached hydrogens (tertiary/aromatic N) is 4. The number of aromatic amines is 1. The highest BCUT2D eigenvalue weighted by Crippen LogP contribution is 2.43. The molecule has 1 saturated heterocycles. The second kappa shape index (κ2) is 7.75. The maximum Gasteiger partial charge on any atom is 0.352 e. The van der Waals surface area contributed by atoms with Gasteiger partial charge in [0.1, 0.15) is 17.1 Å². The Morgan fingerprint density at radius 2 is 2.33 bits per heavy atom. The fourth-order valence-electron chi connectivity index (χ4n) is 2.80. The second-order valence-electron chi connectivity index (χ2n) is 5.87. The van der Waals surface area contributed by atoms with Gasteiger partial charge >= 0.3 is 5.97 Å². The summed E-state index contributed by atoms with van der Waals surface area (Å²) in [6.07, 6.45) is 1.31. The fourth-order valence-corrected chi connectivity index (χ4v) is 5.77. The summed E-state index contributed by atoms with van der Waals surface area (Å²) in [5.41, 5.74) is 6.15. The lowest BCUT2D eigenvalue weighted by atomic mass is 10.0. The molecule has 1 aromatic heterocycles. The lowest BCUT2D eigenvalue weighted by Gasteiger charge is -2.48. The first-order chi connectivity index (χ1) is 12.7. The predicted octanol–water partition coefficient (Wildman–Crippen LogP) is -1.82.